The molecule has 0 fully saturated rings. The molecule has 0 bridgehead atoms. The Morgan fingerprint density at radius 1 is 1.67 bits per heavy atom. The highest BCUT2D eigenvalue weighted by molar-refractivity contribution is 7.09. The summed E-state index contributed by atoms with van der Waals surface area (Å²) in [6, 6.07) is 0. The molecule has 0 saturated carbocycles. The lowest BCUT2D eigenvalue weighted by atomic mass is 10.2. The Morgan fingerprint density at radius 3 is 3.00 bits per heavy atom. The largest absolute Gasteiger partial charge is 0.469 e. The second-order valence-corrected chi connectivity index (χ2v) is 3.84. The molecule has 0 spiro atoms. The number of carbonyl (C=O) groups is 1. The second kappa shape index (κ2) is 5.79. The number of thiazole rings is 1. The lowest BCUT2D eigenvalue weighted by molar-refractivity contribution is -0.142. The molecule has 1 aromatic rings. The Hall–Kier alpha value is -0.980. The summed E-state index contributed by atoms with van der Waals surface area (Å²) >= 11 is 1.39. The van der Waals surface area contributed by atoms with E-state index in [1.165, 1.54) is 18.4 Å². The number of aliphatic hydroxyl groups excluding tert-OH is 1. The van der Waals surface area contributed by atoms with Gasteiger partial charge in [0.15, 0.2) is 0 Å². The smallest absolute Gasteiger partial charge is 0.308 e. The third-order valence-electron chi connectivity index (χ3n) is 1.77. The van der Waals surface area contributed by atoms with Gasteiger partial charge in [-0.05, 0) is 0 Å². The van der Waals surface area contributed by atoms with Crippen molar-refractivity contribution < 1.29 is 19.4 Å². The van der Waals surface area contributed by atoms with Crippen LogP contribution in [-0.4, -0.2) is 30.3 Å². The number of aromatic nitrogens is 1. The van der Waals surface area contributed by atoms with Crippen molar-refractivity contribution >= 4 is 17.3 Å². The van der Waals surface area contributed by atoms with Gasteiger partial charge in [-0.1, -0.05) is 0 Å². The quantitative estimate of drug-likeness (QED) is 0.762. The van der Waals surface area contributed by atoms with Gasteiger partial charge >= 0.3 is 5.97 Å². The molecule has 5 nitrogen and oxygen atoms in total. The topological polar surface area (TPSA) is 68.7 Å². The Morgan fingerprint density at radius 2 is 2.40 bits per heavy atom. The van der Waals surface area contributed by atoms with Gasteiger partial charge in [0.1, 0.15) is 11.1 Å². The van der Waals surface area contributed by atoms with E-state index in [4.69, 9.17) is 4.74 Å². The molecule has 1 aromatic heterocycles. The predicted molar refractivity (Wildman–Crippen MR) is 54.4 cm³/mol. The SMILES string of the molecule is COCc1nc(C(O)CC(=O)OC)cs1. The molecule has 0 radical (unpaired) electrons. The van der Waals surface area contributed by atoms with Crippen molar-refractivity contribution in [3.05, 3.63) is 16.1 Å². The number of carbonyl (C=O) groups excluding carboxylic acids is 1. The van der Waals surface area contributed by atoms with Crippen LogP contribution in [0.5, 0.6) is 0 Å². The number of aliphatic hydroxyl groups is 1. The molecule has 6 heteroatoms. The van der Waals surface area contributed by atoms with Gasteiger partial charge < -0.3 is 14.6 Å². The third kappa shape index (κ3) is 3.58. The van der Waals surface area contributed by atoms with Crippen LogP contribution in [0, 0.1) is 0 Å². The van der Waals surface area contributed by atoms with Crippen LogP contribution in [0.4, 0.5) is 0 Å². The van der Waals surface area contributed by atoms with Crippen LogP contribution < -0.4 is 0 Å². The van der Waals surface area contributed by atoms with Gasteiger partial charge in [0.25, 0.3) is 0 Å². The van der Waals surface area contributed by atoms with E-state index in [1.807, 2.05) is 0 Å². The van der Waals surface area contributed by atoms with Gasteiger partial charge in [0, 0.05) is 12.5 Å². The maximum Gasteiger partial charge on any atom is 0.308 e. The molecular weight excluding hydrogens is 218 g/mol. The summed E-state index contributed by atoms with van der Waals surface area (Å²) in [5.41, 5.74) is 0.484. The van der Waals surface area contributed by atoms with Crippen LogP contribution in [0.1, 0.15) is 23.2 Å². The first kappa shape index (κ1) is 12.1. The van der Waals surface area contributed by atoms with Crippen LogP contribution in [0.2, 0.25) is 0 Å². The highest BCUT2D eigenvalue weighted by atomic mass is 32.1. The Labute approximate surface area is 91.7 Å². The zero-order chi connectivity index (χ0) is 11.3. The summed E-state index contributed by atoms with van der Waals surface area (Å²) < 4.78 is 9.35. The molecule has 0 aliphatic carbocycles. The number of hydrogen-bond donors (Lipinski definition) is 1. The fraction of sp³-hybridized carbons (Fsp3) is 0.556. The molecule has 15 heavy (non-hydrogen) atoms. The van der Waals surface area contributed by atoms with Crippen LogP contribution >= 0.6 is 11.3 Å². The van der Waals surface area contributed by atoms with Crippen LogP contribution in [0.25, 0.3) is 0 Å². The minimum Gasteiger partial charge on any atom is -0.469 e. The molecular formula is C9H13NO4S. The molecule has 0 aromatic carbocycles. The molecule has 1 unspecified atom stereocenters. The highest BCUT2D eigenvalue weighted by Crippen LogP contribution is 2.20. The summed E-state index contributed by atoms with van der Waals surface area (Å²) in [6.45, 7) is 0.412. The molecule has 0 saturated heterocycles. The Balaban J connectivity index is 2.57. The lowest BCUT2D eigenvalue weighted by Crippen LogP contribution is -2.08. The maximum absolute atomic E-state index is 10.9. The van der Waals surface area contributed by atoms with Crippen LogP contribution in [0.3, 0.4) is 0 Å². The molecule has 0 amide bonds. The molecule has 0 aliphatic rings. The molecule has 84 valence electrons. The average Bonchev–Trinajstić information content (AvgIpc) is 2.67. The number of esters is 1. The first-order chi connectivity index (χ1) is 7.17. The maximum atomic E-state index is 10.9. The summed E-state index contributed by atoms with van der Waals surface area (Å²) in [4.78, 5) is 15.0. The number of rotatable bonds is 5. The van der Waals surface area contributed by atoms with E-state index in [1.54, 1.807) is 12.5 Å². The molecule has 0 aliphatic heterocycles. The van der Waals surface area contributed by atoms with E-state index >= 15 is 0 Å². The van der Waals surface area contributed by atoms with E-state index in [2.05, 4.69) is 9.72 Å². The first-order valence-corrected chi connectivity index (χ1v) is 5.23. The summed E-state index contributed by atoms with van der Waals surface area (Å²) in [5.74, 6) is -0.455. The van der Waals surface area contributed by atoms with Crippen molar-refractivity contribution in [2.24, 2.45) is 0 Å². The first-order valence-electron chi connectivity index (χ1n) is 4.35. The van der Waals surface area contributed by atoms with Gasteiger partial charge in [-0.2, -0.15) is 0 Å². The van der Waals surface area contributed by atoms with Crippen LogP contribution in [-0.2, 0) is 20.9 Å². The minimum atomic E-state index is -0.903. The van der Waals surface area contributed by atoms with E-state index in [-0.39, 0.29) is 6.42 Å². The van der Waals surface area contributed by atoms with Crippen LogP contribution in [0.15, 0.2) is 5.38 Å². The van der Waals surface area contributed by atoms with E-state index in [9.17, 15) is 9.90 Å². The molecule has 1 rings (SSSR count). The second-order valence-electron chi connectivity index (χ2n) is 2.90. The van der Waals surface area contributed by atoms with Crippen molar-refractivity contribution in [3.8, 4) is 0 Å². The van der Waals surface area contributed by atoms with Crippen molar-refractivity contribution in [1.29, 1.82) is 0 Å². The molecule has 1 N–H and O–H groups in total. The molecule has 1 heterocycles. The summed E-state index contributed by atoms with van der Waals surface area (Å²) in [7, 11) is 2.86. The third-order valence-corrected chi connectivity index (χ3v) is 2.61. The summed E-state index contributed by atoms with van der Waals surface area (Å²) in [6.07, 6.45) is -0.980. The van der Waals surface area contributed by atoms with Gasteiger partial charge in [-0.3, -0.25) is 4.79 Å². The normalized spacial score (nSPS) is 12.5. The summed E-state index contributed by atoms with van der Waals surface area (Å²) in [5, 5.41) is 12.1. The zero-order valence-electron chi connectivity index (χ0n) is 8.60. The van der Waals surface area contributed by atoms with Crippen molar-refractivity contribution in [1.82, 2.24) is 4.98 Å². The standard InChI is InChI=1S/C9H13NO4S/c1-13-4-8-10-6(5-15-8)7(11)3-9(12)14-2/h5,7,11H,3-4H2,1-2H3. The number of nitrogens with zero attached hydrogens (tertiary/aromatic N) is 1. The predicted octanol–water partition coefficient (Wildman–Crippen LogP) is 0.886. The fourth-order valence-corrected chi connectivity index (χ4v) is 1.82. The highest BCUT2D eigenvalue weighted by Gasteiger charge is 2.16. The van der Waals surface area contributed by atoms with Crippen molar-refractivity contribution in [2.45, 2.75) is 19.1 Å². The minimum absolute atomic E-state index is 0.0767. The monoisotopic (exact) mass is 231 g/mol. The fourth-order valence-electron chi connectivity index (χ4n) is 1.01. The Kier molecular flexibility index (Phi) is 4.67. The van der Waals surface area contributed by atoms with Gasteiger partial charge in [0.05, 0.1) is 25.8 Å². The van der Waals surface area contributed by atoms with Gasteiger partial charge in [-0.15, -0.1) is 11.3 Å². The Bertz CT molecular complexity index is 326. The molecule has 1 atom stereocenters. The number of methoxy groups -OCH3 is 2. The van der Waals surface area contributed by atoms with E-state index in [0.29, 0.717) is 12.3 Å². The van der Waals surface area contributed by atoms with Gasteiger partial charge in [-0.25, -0.2) is 4.98 Å². The number of hydrogen-bond acceptors (Lipinski definition) is 6. The number of ether oxygens (including phenoxy) is 2. The van der Waals surface area contributed by atoms with E-state index < -0.39 is 12.1 Å². The van der Waals surface area contributed by atoms with Crippen molar-refractivity contribution in [3.63, 3.8) is 0 Å². The lowest BCUT2D eigenvalue weighted by Gasteiger charge is -2.05. The average molecular weight is 231 g/mol. The van der Waals surface area contributed by atoms with E-state index in [0.717, 1.165) is 5.01 Å². The zero-order valence-corrected chi connectivity index (χ0v) is 9.41. The van der Waals surface area contributed by atoms with Gasteiger partial charge in [0.2, 0.25) is 0 Å². The van der Waals surface area contributed by atoms with Crippen molar-refractivity contribution in [2.75, 3.05) is 14.2 Å².